The first kappa shape index (κ1) is 12.6. The highest BCUT2D eigenvalue weighted by Gasteiger charge is 2.36. The Morgan fingerprint density at radius 1 is 1.28 bits per heavy atom. The summed E-state index contributed by atoms with van der Waals surface area (Å²) in [6, 6.07) is 10.2. The summed E-state index contributed by atoms with van der Waals surface area (Å²) in [5.74, 6) is 0. The van der Waals surface area contributed by atoms with Crippen LogP contribution >= 0.6 is 15.9 Å². The van der Waals surface area contributed by atoms with E-state index in [1.165, 1.54) is 42.5 Å². The molecule has 0 aromatic heterocycles. The zero-order chi connectivity index (χ0) is 12.5. The average molecular weight is 309 g/mol. The van der Waals surface area contributed by atoms with Gasteiger partial charge < -0.3 is 0 Å². The molecule has 0 aliphatic carbocycles. The van der Waals surface area contributed by atoms with E-state index in [1.54, 1.807) is 0 Å². The van der Waals surface area contributed by atoms with E-state index in [1.807, 2.05) is 0 Å². The van der Waals surface area contributed by atoms with Crippen LogP contribution in [0.15, 0.2) is 28.7 Å². The summed E-state index contributed by atoms with van der Waals surface area (Å²) in [5, 5.41) is 0. The predicted octanol–water partition coefficient (Wildman–Crippen LogP) is 3.12. The van der Waals surface area contributed by atoms with Crippen LogP contribution in [-0.2, 0) is 6.54 Å². The van der Waals surface area contributed by atoms with Gasteiger partial charge in [-0.2, -0.15) is 0 Å². The van der Waals surface area contributed by atoms with Crippen LogP contribution in [0.2, 0.25) is 0 Å². The molecule has 2 nitrogen and oxygen atoms in total. The fraction of sp³-hybridized carbons (Fsp3) is 0.600. The Kier molecular flexibility index (Phi) is 3.73. The van der Waals surface area contributed by atoms with Gasteiger partial charge in [0.2, 0.25) is 0 Å². The first-order valence-corrected chi connectivity index (χ1v) is 7.76. The summed E-state index contributed by atoms with van der Waals surface area (Å²) in [7, 11) is 0. The number of fused-ring (bicyclic) bond motifs is 1. The van der Waals surface area contributed by atoms with E-state index in [9.17, 15) is 0 Å². The highest BCUT2D eigenvalue weighted by Crippen LogP contribution is 2.27. The molecule has 18 heavy (non-hydrogen) atoms. The molecular formula is C15H21BrN2. The smallest absolute Gasteiger partial charge is 0.0250 e. The molecule has 2 unspecified atom stereocenters. The van der Waals surface area contributed by atoms with Crippen molar-refractivity contribution in [1.82, 2.24) is 9.80 Å². The van der Waals surface area contributed by atoms with Gasteiger partial charge in [-0.25, -0.2) is 0 Å². The Balaban J connectivity index is 1.69. The van der Waals surface area contributed by atoms with Crippen molar-refractivity contribution in [3.8, 4) is 0 Å². The Morgan fingerprint density at radius 2 is 2.17 bits per heavy atom. The monoisotopic (exact) mass is 308 g/mol. The SMILES string of the molecule is CC1C2CCCN2CCN1Cc1cccc(Br)c1. The van der Waals surface area contributed by atoms with Gasteiger partial charge in [-0.05, 0) is 44.0 Å². The molecule has 2 saturated heterocycles. The second kappa shape index (κ2) is 5.32. The van der Waals surface area contributed by atoms with Crippen molar-refractivity contribution >= 4 is 15.9 Å². The maximum atomic E-state index is 3.56. The Hall–Kier alpha value is -0.380. The first-order valence-electron chi connectivity index (χ1n) is 6.96. The Morgan fingerprint density at radius 3 is 3.00 bits per heavy atom. The van der Waals surface area contributed by atoms with Crippen molar-refractivity contribution in [1.29, 1.82) is 0 Å². The van der Waals surface area contributed by atoms with E-state index >= 15 is 0 Å². The van der Waals surface area contributed by atoms with Crippen molar-refractivity contribution in [2.24, 2.45) is 0 Å². The fourth-order valence-electron chi connectivity index (χ4n) is 3.47. The number of hydrogen-bond donors (Lipinski definition) is 0. The summed E-state index contributed by atoms with van der Waals surface area (Å²) in [6.07, 6.45) is 2.77. The van der Waals surface area contributed by atoms with E-state index in [0.29, 0.717) is 6.04 Å². The van der Waals surface area contributed by atoms with Gasteiger partial charge in [0.15, 0.2) is 0 Å². The summed E-state index contributed by atoms with van der Waals surface area (Å²) in [5.41, 5.74) is 1.42. The lowest BCUT2D eigenvalue weighted by Crippen LogP contribution is -2.55. The van der Waals surface area contributed by atoms with Crippen LogP contribution in [0, 0.1) is 0 Å². The number of benzene rings is 1. The third-order valence-corrected chi connectivity index (χ3v) is 4.99. The molecule has 0 radical (unpaired) electrons. The minimum atomic E-state index is 0.695. The predicted molar refractivity (Wildman–Crippen MR) is 78.6 cm³/mol. The van der Waals surface area contributed by atoms with Crippen molar-refractivity contribution in [3.63, 3.8) is 0 Å². The van der Waals surface area contributed by atoms with Gasteiger partial charge in [-0.15, -0.1) is 0 Å². The van der Waals surface area contributed by atoms with Gasteiger partial charge in [-0.3, -0.25) is 9.80 Å². The molecule has 0 N–H and O–H groups in total. The molecule has 2 aliphatic rings. The molecule has 0 bridgehead atoms. The minimum Gasteiger partial charge on any atom is -0.298 e. The molecule has 2 fully saturated rings. The van der Waals surface area contributed by atoms with Gasteiger partial charge in [-0.1, -0.05) is 28.1 Å². The number of hydrogen-bond acceptors (Lipinski definition) is 2. The molecular weight excluding hydrogens is 288 g/mol. The van der Waals surface area contributed by atoms with E-state index in [2.05, 4.69) is 56.9 Å². The highest BCUT2D eigenvalue weighted by atomic mass is 79.9. The fourth-order valence-corrected chi connectivity index (χ4v) is 3.92. The molecule has 1 aromatic carbocycles. The zero-order valence-corrected chi connectivity index (χ0v) is 12.6. The summed E-state index contributed by atoms with van der Waals surface area (Å²) >= 11 is 3.56. The van der Waals surface area contributed by atoms with Crippen LogP contribution in [0.3, 0.4) is 0 Å². The van der Waals surface area contributed by atoms with E-state index < -0.39 is 0 Å². The normalized spacial score (nSPS) is 29.4. The first-order chi connectivity index (χ1) is 8.74. The molecule has 2 aliphatic heterocycles. The molecule has 3 heteroatoms. The lowest BCUT2D eigenvalue weighted by molar-refractivity contribution is 0.0470. The Labute approximate surface area is 118 Å². The van der Waals surface area contributed by atoms with Crippen LogP contribution in [0.1, 0.15) is 25.3 Å². The summed E-state index contributed by atoms with van der Waals surface area (Å²) in [4.78, 5) is 5.33. The number of piperazine rings is 1. The topological polar surface area (TPSA) is 6.48 Å². The van der Waals surface area contributed by atoms with E-state index in [-0.39, 0.29) is 0 Å². The summed E-state index contributed by atoms with van der Waals surface area (Å²) in [6.45, 7) is 7.28. The van der Waals surface area contributed by atoms with Gasteiger partial charge in [0.1, 0.15) is 0 Å². The molecule has 0 amide bonds. The second-order valence-corrected chi connectivity index (χ2v) is 6.50. The van der Waals surface area contributed by atoms with Gasteiger partial charge in [0.05, 0.1) is 0 Å². The van der Waals surface area contributed by atoms with E-state index in [4.69, 9.17) is 0 Å². The van der Waals surface area contributed by atoms with Gasteiger partial charge in [0, 0.05) is 36.2 Å². The number of rotatable bonds is 2. The minimum absolute atomic E-state index is 0.695. The number of halogens is 1. The van der Waals surface area contributed by atoms with Crippen molar-refractivity contribution in [2.45, 2.75) is 38.4 Å². The molecule has 1 aromatic rings. The quantitative estimate of drug-likeness (QED) is 0.828. The van der Waals surface area contributed by atoms with E-state index in [0.717, 1.165) is 12.6 Å². The second-order valence-electron chi connectivity index (χ2n) is 5.59. The van der Waals surface area contributed by atoms with Crippen LogP contribution in [-0.4, -0.2) is 41.5 Å². The van der Waals surface area contributed by atoms with Crippen LogP contribution < -0.4 is 0 Å². The highest BCUT2D eigenvalue weighted by molar-refractivity contribution is 9.10. The van der Waals surface area contributed by atoms with Crippen molar-refractivity contribution in [3.05, 3.63) is 34.3 Å². The maximum absolute atomic E-state index is 3.56. The zero-order valence-electron chi connectivity index (χ0n) is 11.0. The Bertz CT molecular complexity index is 421. The van der Waals surface area contributed by atoms with Crippen LogP contribution in [0.4, 0.5) is 0 Å². The van der Waals surface area contributed by atoms with Gasteiger partial charge in [0.25, 0.3) is 0 Å². The summed E-state index contributed by atoms with van der Waals surface area (Å²) < 4.78 is 1.19. The maximum Gasteiger partial charge on any atom is 0.0250 e. The molecule has 2 atom stereocenters. The molecule has 0 saturated carbocycles. The largest absolute Gasteiger partial charge is 0.298 e. The lowest BCUT2D eigenvalue weighted by atomic mass is 10.0. The molecule has 3 rings (SSSR count). The standard InChI is InChI=1S/C15H21BrN2/c1-12-15-6-3-7-17(15)8-9-18(12)11-13-4-2-5-14(16)10-13/h2,4-5,10,12,15H,3,6-9,11H2,1H3. The third kappa shape index (κ3) is 2.49. The van der Waals surface area contributed by atoms with Gasteiger partial charge >= 0.3 is 0 Å². The average Bonchev–Trinajstić information content (AvgIpc) is 2.82. The lowest BCUT2D eigenvalue weighted by Gasteiger charge is -2.43. The third-order valence-electron chi connectivity index (χ3n) is 4.50. The van der Waals surface area contributed by atoms with Crippen LogP contribution in [0.25, 0.3) is 0 Å². The van der Waals surface area contributed by atoms with Crippen molar-refractivity contribution < 1.29 is 0 Å². The molecule has 0 spiro atoms. The number of nitrogens with zero attached hydrogens (tertiary/aromatic N) is 2. The molecule has 2 heterocycles. The van der Waals surface area contributed by atoms with Crippen molar-refractivity contribution in [2.75, 3.05) is 19.6 Å². The van der Waals surface area contributed by atoms with Crippen LogP contribution in [0.5, 0.6) is 0 Å². The molecule has 98 valence electrons.